The van der Waals surface area contributed by atoms with Crippen LogP contribution in [0.5, 0.6) is 11.5 Å². The second-order valence-electron chi connectivity index (χ2n) is 7.12. The average molecular weight is 446 g/mol. The van der Waals surface area contributed by atoms with Gasteiger partial charge in [-0.25, -0.2) is 0 Å². The van der Waals surface area contributed by atoms with Crippen LogP contribution in [0.15, 0.2) is 48.5 Å². The van der Waals surface area contributed by atoms with Crippen LogP contribution in [0.3, 0.4) is 0 Å². The summed E-state index contributed by atoms with van der Waals surface area (Å²) >= 11 is 0. The van der Waals surface area contributed by atoms with Crippen molar-refractivity contribution in [1.82, 2.24) is 0 Å². The third-order valence-electron chi connectivity index (χ3n) is 4.52. The molecule has 0 aliphatic heterocycles. The molecule has 0 amide bonds. The van der Waals surface area contributed by atoms with E-state index in [-0.39, 0.29) is 16.9 Å². The van der Waals surface area contributed by atoms with Gasteiger partial charge in [-0.2, -0.15) is 0 Å². The highest BCUT2D eigenvalue weighted by atomic mass is 31.2. The summed E-state index contributed by atoms with van der Waals surface area (Å²) in [7, 11) is -2.62. The predicted octanol–water partition coefficient (Wildman–Crippen LogP) is 0.556. The van der Waals surface area contributed by atoms with Crippen molar-refractivity contribution >= 4 is 8.60 Å². The molecule has 0 fully saturated rings. The first-order valence-electron chi connectivity index (χ1n) is 8.87. The van der Waals surface area contributed by atoms with Gasteiger partial charge < -0.3 is 45.3 Å². The van der Waals surface area contributed by atoms with E-state index >= 15 is 0 Å². The molecule has 170 valence electrons. The molecule has 10 heteroatoms. The van der Waals surface area contributed by atoms with E-state index in [2.05, 4.69) is 13.8 Å². The lowest BCUT2D eigenvalue weighted by Gasteiger charge is -2.26. The van der Waals surface area contributed by atoms with E-state index in [1.54, 1.807) is 24.3 Å². The van der Waals surface area contributed by atoms with Crippen molar-refractivity contribution in [3.8, 4) is 11.5 Å². The summed E-state index contributed by atoms with van der Waals surface area (Å²) in [5, 5.41) is 52.6. The van der Waals surface area contributed by atoms with Gasteiger partial charge in [0.1, 0.15) is 11.5 Å². The van der Waals surface area contributed by atoms with Crippen molar-refractivity contribution in [2.75, 3.05) is 26.4 Å². The monoisotopic (exact) mass is 446 g/mol. The minimum atomic E-state index is -2.62. The normalized spacial score (nSPS) is 11.3. The second-order valence-corrected chi connectivity index (χ2v) is 7.66. The molecule has 2 aromatic rings. The molecule has 9 nitrogen and oxygen atoms in total. The molecule has 0 bridgehead atoms. The molecular formula is C20H31O9P. The maximum absolute atomic E-state index is 9.30. The fraction of sp³-hybridized carbons (Fsp3) is 0.400. The van der Waals surface area contributed by atoms with Gasteiger partial charge in [-0.1, -0.05) is 38.1 Å². The van der Waals surface area contributed by atoms with E-state index < -0.39 is 40.4 Å². The fourth-order valence-electron chi connectivity index (χ4n) is 2.22. The zero-order valence-electron chi connectivity index (χ0n) is 16.9. The fourth-order valence-corrected chi connectivity index (χ4v) is 2.22. The Balaban J connectivity index is 0.000000545. The summed E-state index contributed by atoms with van der Waals surface area (Å²) in [6.07, 6.45) is 0. The second kappa shape index (κ2) is 13.5. The Bertz CT molecular complexity index is 631. The average Bonchev–Trinajstić information content (AvgIpc) is 2.71. The molecule has 0 aliphatic carbocycles. The van der Waals surface area contributed by atoms with Crippen molar-refractivity contribution in [1.29, 1.82) is 0 Å². The van der Waals surface area contributed by atoms with Gasteiger partial charge in [0.25, 0.3) is 0 Å². The van der Waals surface area contributed by atoms with Gasteiger partial charge in [-0.15, -0.1) is 0 Å². The Morgan fingerprint density at radius 3 is 1.00 bits per heavy atom. The molecule has 0 saturated carbocycles. The third kappa shape index (κ3) is 9.34. The van der Waals surface area contributed by atoms with Gasteiger partial charge in [0.15, 0.2) is 0 Å². The lowest BCUT2D eigenvalue weighted by atomic mass is 9.78. The summed E-state index contributed by atoms with van der Waals surface area (Å²) < 4.78 is 0. The minimum Gasteiger partial charge on any atom is -0.508 e. The molecule has 0 radical (unpaired) electrons. The van der Waals surface area contributed by atoms with Gasteiger partial charge in [0.2, 0.25) is 0 Å². The number of aromatic hydroxyl groups is 2. The van der Waals surface area contributed by atoms with Crippen molar-refractivity contribution in [2.24, 2.45) is 5.41 Å². The zero-order chi connectivity index (χ0) is 23.4. The van der Waals surface area contributed by atoms with Crippen LogP contribution < -0.4 is 0 Å². The number of benzene rings is 2. The molecule has 30 heavy (non-hydrogen) atoms. The Kier molecular flexibility index (Phi) is 12.7. The van der Waals surface area contributed by atoms with Crippen molar-refractivity contribution in [3.05, 3.63) is 59.7 Å². The maximum atomic E-state index is 9.30. The SMILES string of the molecule is CC(C)(c1ccc(O)cc1)c1ccc(O)cc1.OCC(CO)(CO)CO.OP(O)O. The summed E-state index contributed by atoms with van der Waals surface area (Å²) in [6, 6.07) is 14.4. The highest BCUT2D eigenvalue weighted by Crippen LogP contribution is 2.32. The molecule has 0 spiro atoms. The highest BCUT2D eigenvalue weighted by molar-refractivity contribution is 7.38. The first-order chi connectivity index (χ1) is 14.0. The van der Waals surface area contributed by atoms with Gasteiger partial charge >= 0.3 is 8.60 Å². The van der Waals surface area contributed by atoms with E-state index in [0.29, 0.717) is 0 Å². The van der Waals surface area contributed by atoms with Crippen molar-refractivity contribution < 1.29 is 45.3 Å². The minimum absolute atomic E-state index is 0.151. The van der Waals surface area contributed by atoms with Crippen LogP contribution in [0.25, 0.3) is 0 Å². The zero-order valence-corrected chi connectivity index (χ0v) is 17.8. The Morgan fingerprint density at radius 2 is 0.833 bits per heavy atom. The molecule has 2 aromatic carbocycles. The lowest BCUT2D eigenvalue weighted by Crippen LogP contribution is -2.37. The Hall–Kier alpha value is -1.81. The summed E-state index contributed by atoms with van der Waals surface area (Å²) in [5.74, 6) is 0.547. The first-order valence-corrected chi connectivity index (χ1v) is 10.1. The van der Waals surface area contributed by atoms with E-state index in [0.717, 1.165) is 11.1 Å². The van der Waals surface area contributed by atoms with Gasteiger partial charge in [0, 0.05) is 5.41 Å². The summed E-state index contributed by atoms with van der Waals surface area (Å²) in [4.78, 5) is 21.7. The van der Waals surface area contributed by atoms with Gasteiger partial charge in [-0.3, -0.25) is 0 Å². The molecule has 0 saturated heterocycles. The van der Waals surface area contributed by atoms with Crippen LogP contribution in [-0.2, 0) is 5.41 Å². The van der Waals surface area contributed by atoms with E-state index in [4.69, 9.17) is 35.1 Å². The largest absolute Gasteiger partial charge is 0.508 e. The lowest BCUT2D eigenvalue weighted by molar-refractivity contribution is -0.0328. The van der Waals surface area contributed by atoms with E-state index in [1.807, 2.05) is 24.3 Å². The number of rotatable bonds is 6. The number of phenols is 2. The molecule has 2 rings (SSSR count). The number of aliphatic hydroxyl groups excluding tert-OH is 4. The topological polar surface area (TPSA) is 182 Å². The molecule has 0 unspecified atom stereocenters. The van der Waals surface area contributed by atoms with Crippen LogP contribution in [0.1, 0.15) is 25.0 Å². The summed E-state index contributed by atoms with van der Waals surface area (Å²) in [5.41, 5.74) is 0.989. The van der Waals surface area contributed by atoms with Crippen molar-refractivity contribution in [2.45, 2.75) is 19.3 Å². The van der Waals surface area contributed by atoms with E-state index in [1.165, 1.54) is 0 Å². The summed E-state index contributed by atoms with van der Waals surface area (Å²) in [6.45, 7) is 2.61. The number of aliphatic hydroxyl groups is 4. The Labute approximate surface area is 176 Å². The third-order valence-corrected chi connectivity index (χ3v) is 4.52. The number of hydrogen-bond donors (Lipinski definition) is 9. The number of phenolic OH excluding ortho intramolecular Hbond substituents is 2. The molecule has 0 atom stereocenters. The first kappa shape index (κ1) is 28.2. The van der Waals surface area contributed by atoms with Crippen LogP contribution in [0.4, 0.5) is 0 Å². The quantitative estimate of drug-likeness (QED) is 0.286. The van der Waals surface area contributed by atoms with Crippen molar-refractivity contribution in [3.63, 3.8) is 0 Å². The van der Waals surface area contributed by atoms with Gasteiger partial charge in [-0.05, 0) is 35.4 Å². The van der Waals surface area contributed by atoms with Crippen LogP contribution in [0, 0.1) is 5.41 Å². The standard InChI is InChI=1S/C15H16O2.C5H12O4.H3O3P/c1-15(2,11-3-7-13(16)8-4-11)12-5-9-14(17)10-6-12;6-1-5(2-7,3-8)4-9;1-4(2)3/h3-10,16-17H,1-2H3;6-9H,1-4H2;1-3H. The Morgan fingerprint density at radius 1 is 0.600 bits per heavy atom. The highest BCUT2D eigenvalue weighted by Gasteiger charge is 2.26. The predicted molar refractivity (Wildman–Crippen MR) is 113 cm³/mol. The molecular weight excluding hydrogens is 415 g/mol. The van der Waals surface area contributed by atoms with Crippen LogP contribution in [-0.4, -0.2) is 71.7 Å². The molecule has 0 aromatic heterocycles. The van der Waals surface area contributed by atoms with Gasteiger partial charge in [0.05, 0.1) is 31.8 Å². The van der Waals surface area contributed by atoms with Crippen LogP contribution in [0.2, 0.25) is 0 Å². The molecule has 9 N–H and O–H groups in total. The van der Waals surface area contributed by atoms with E-state index in [9.17, 15) is 10.2 Å². The molecule has 0 heterocycles. The molecule has 0 aliphatic rings. The number of hydrogen-bond acceptors (Lipinski definition) is 9. The van der Waals surface area contributed by atoms with Crippen LogP contribution >= 0.6 is 8.60 Å². The smallest absolute Gasteiger partial charge is 0.324 e. The maximum Gasteiger partial charge on any atom is 0.324 e.